The molecular formula is C12H25N3. The SMILES string of the molecule is NCCCN1CCCN(CC2CC2)CC1. The van der Waals surface area contributed by atoms with Crippen molar-refractivity contribution in [3.63, 3.8) is 0 Å². The topological polar surface area (TPSA) is 32.5 Å². The molecule has 3 heteroatoms. The smallest absolute Gasteiger partial charge is 0.0109 e. The minimum Gasteiger partial charge on any atom is -0.330 e. The van der Waals surface area contributed by atoms with E-state index in [0.717, 1.165) is 18.9 Å². The van der Waals surface area contributed by atoms with Gasteiger partial charge < -0.3 is 15.5 Å². The van der Waals surface area contributed by atoms with Crippen molar-refractivity contribution in [1.29, 1.82) is 0 Å². The highest BCUT2D eigenvalue weighted by Gasteiger charge is 2.25. The molecule has 2 rings (SSSR count). The van der Waals surface area contributed by atoms with Gasteiger partial charge in [-0.25, -0.2) is 0 Å². The predicted octanol–water partition coefficient (Wildman–Crippen LogP) is 0.753. The van der Waals surface area contributed by atoms with Gasteiger partial charge in [-0.1, -0.05) is 0 Å². The van der Waals surface area contributed by atoms with Crippen LogP contribution in [0.15, 0.2) is 0 Å². The van der Waals surface area contributed by atoms with Crippen molar-refractivity contribution in [1.82, 2.24) is 9.80 Å². The van der Waals surface area contributed by atoms with Crippen molar-refractivity contribution in [2.75, 3.05) is 45.8 Å². The maximum atomic E-state index is 5.55. The first kappa shape index (κ1) is 11.4. The lowest BCUT2D eigenvalue weighted by Crippen LogP contribution is -2.33. The van der Waals surface area contributed by atoms with Gasteiger partial charge >= 0.3 is 0 Å². The van der Waals surface area contributed by atoms with Crippen LogP contribution in [-0.4, -0.2) is 55.6 Å². The third-order valence-corrected chi connectivity index (χ3v) is 3.57. The quantitative estimate of drug-likeness (QED) is 0.728. The highest BCUT2D eigenvalue weighted by molar-refractivity contribution is 4.79. The number of hydrogen-bond acceptors (Lipinski definition) is 3. The maximum absolute atomic E-state index is 5.55. The largest absolute Gasteiger partial charge is 0.330 e. The fourth-order valence-corrected chi connectivity index (χ4v) is 2.41. The molecule has 1 heterocycles. The van der Waals surface area contributed by atoms with Crippen LogP contribution in [0.5, 0.6) is 0 Å². The van der Waals surface area contributed by atoms with Crippen LogP contribution < -0.4 is 5.73 Å². The third kappa shape index (κ3) is 4.09. The summed E-state index contributed by atoms with van der Waals surface area (Å²) in [6.07, 6.45) is 5.46. The predicted molar refractivity (Wildman–Crippen MR) is 63.9 cm³/mol. The maximum Gasteiger partial charge on any atom is 0.0109 e. The van der Waals surface area contributed by atoms with E-state index in [-0.39, 0.29) is 0 Å². The van der Waals surface area contributed by atoms with Crippen LogP contribution in [-0.2, 0) is 0 Å². The highest BCUT2D eigenvalue weighted by Crippen LogP contribution is 2.29. The summed E-state index contributed by atoms with van der Waals surface area (Å²) in [5.41, 5.74) is 5.55. The van der Waals surface area contributed by atoms with Crippen LogP contribution in [0.3, 0.4) is 0 Å². The zero-order valence-corrected chi connectivity index (χ0v) is 9.83. The monoisotopic (exact) mass is 211 g/mol. The van der Waals surface area contributed by atoms with Gasteiger partial charge in [-0.3, -0.25) is 0 Å². The molecule has 0 unspecified atom stereocenters. The van der Waals surface area contributed by atoms with E-state index >= 15 is 0 Å². The van der Waals surface area contributed by atoms with E-state index in [1.165, 1.54) is 58.5 Å². The summed E-state index contributed by atoms with van der Waals surface area (Å²) in [7, 11) is 0. The first-order chi connectivity index (χ1) is 7.38. The third-order valence-electron chi connectivity index (χ3n) is 3.57. The Kier molecular flexibility index (Phi) is 4.42. The molecule has 0 amide bonds. The molecule has 0 radical (unpaired) electrons. The van der Waals surface area contributed by atoms with Gasteiger partial charge in [-0.2, -0.15) is 0 Å². The Balaban J connectivity index is 1.66. The molecule has 1 aliphatic carbocycles. The zero-order chi connectivity index (χ0) is 10.5. The van der Waals surface area contributed by atoms with E-state index in [0.29, 0.717) is 0 Å². The number of nitrogens with zero attached hydrogens (tertiary/aromatic N) is 2. The molecule has 0 aromatic rings. The molecule has 88 valence electrons. The van der Waals surface area contributed by atoms with Gasteiger partial charge in [-0.15, -0.1) is 0 Å². The lowest BCUT2D eigenvalue weighted by Gasteiger charge is -2.21. The molecule has 0 spiro atoms. The standard InChI is InChI=1S/C12H25N3/c13-5-1-6-14-7-2-8-15(10-9-14)11-12-3-4-12/h12H,1-11,13H2. The molecule has 3 nitrogen and oxygen atoms in total. The molecule has 1 aliphatic heterocycles. The lowest BCUT2D eigenvalue weighted by molar-refractivity contribution is 0.249. The van der Waals surface area contributed by atoms with Gasteiger partial charge in [0.15, 0.2) is 0 Å². The molecule has 0 aromatic carbocycles. The summed E-state index contributed by atoms with van der Waals surface area (Å²) in [4.78, 5) is 5.25. The molecule has 15 heavy (non-hydrogen) atoms. The van der Waals surface area contributed by atoms with Crippen molar-refractivity contribution in [2.24, 2.45) is 11.7 Å². The fourth-order valence-electron chi connectivity index (χ4n) is 2.41. The molecule has 0 atom stereocenters. The van der Waals surface area contributed by atoms with Gasteiger partial charge in [0.25, 0.3) is 0 Å². The summed E-state index contributed by atoms with van der Waals surface area (Å²) in [6.45, 7) is 8.53. The summed E-state index contributed by atoms with van der Waals surface area (Å²) in [5.74, 6) is 1.04. The van der Waals surface area contributed by atoms with Gasteiger partial charge in [0.1, 0.15) is 0 Å². The van der Waals surface area contributed by atoms with Crippen molar-refractivity contribution in [3.8, 4) is 0 Å². The van der Waals surface area contributed by atoms with Gasteiger partial charge in [0, 0.05) is 19.6 Å². The Hall–Kier alpha value is -0.120. The second-order valence-electron chi connectivity index (χ2n) is 5.08. The zero-order valence-electron chi connectivity index (χ0n) is 9.83. The molecule has 0 aromatic heterocycles. The molecule has 2 fully saturated rings. The Morgan fingerprint density at radius 1 is 1.00 bits per heavy atom. The molecule has 1 saturated carbocycles. The number of hydrogen-bond donors (Lipinski definition) is 1. The number of rotatable bonds is 5. The van der Waals surface area contributed by atoms with Gasteiger partial charge in [0.05, 0.1) is 0 Å². The summed E-state index contributed by atoms with van der Waals surface area (Å²) in [5, 5.41) is 0. The highest BCUT2D eigenvalue weighted by atomic mass is 15.2. The van der Waals surface area contributed by atoms with E-state index < -0.39 is 0 Å². The normalized spacial score (nSPS) is 25.4. The lowest BCUT2D eigenvalue weighted by atomic mass is 10.3. The second kappa shape index (κ2) is 5.83. The fraction of sp³-hybridized carbons (Fsp3) is 1.00. The van der Waals surface area contributed by atoms with Gasteiger partial charge in [0.2, 0.25) is 0 Å². The summed E-state index contributed by atoms with van der Waals surface area (Å²) in [6, 6.07) is 0. The second-order valence-corrected chi connectivity index (χ2v) is 5.08. The van der Waals surface area contributed by atoms with Crippen molar-refractivity contribution in [2.45, 2.75) is 25.7 Å². The van der Waals surface area contributed by atoms with Crippen molar-refractivity contribution < 1.29 is 0 Å². The molecule has 2 N–H and O–H groups in total. The van der Waals surface area contributed by atoms with Crippen LogP contribution in [0.2, 0.25) is 0 Å². The van der Waals surface area contributed by atoms with E-state index in [2.05, 4.69) is 9.80 Å². The molecule has 1 saturated heterocycles. The van der Waals surface area contributed by atoms with Crippen molar-refractivity contribution in [3.05, 3.63) is 0 Å². The minimum atomic E-state index is 0.836. The van der Waals surface area contributed by atoms with E-state index in [4.69, 9.17) is 5.73 Å². The Morgan fingerprint density at radius 3 is 2.47 bits per heavy atom. The first-order valence-electron chi connectivity index (χ1n) is 6.53. The first-order valence-corrected chi connectivity index (χ1v) is 6.53. The number of nitrogens with two attached hydrogens (primary N) is 1. The summed E-state index contributed by atoms with van der Waals surface area (Å²) >= 11 is 0. The van der Waals surface area contributed by atoms with Crippen LogP contribution in [0.1, 0.15) is 25.7 Å². The summed E-state index contributed by atoms with van der Waals surface area (Å²) < 4.78 is 0. The Morgan fingerprint density at radius 2 is 1.73 bits per heavy atom. The van der Waals surface area contributed by atoms with Crippen LogP contribution >= 0.6 is 0 Å². The average molecular weight is 211 g/mol. The van der Waals surface area contributed by atoms with Gasteiger partial charge in [-0.05, 0) is 57.8 Å². The minimum absolute atomic E-state index is 0.836. The Bertz CT molecular complexity index is 180. The molecule has 0 bridgehead atoms. The van der Waals surface area contributed by atoms with E-state index in [1.807, 2.05) is 0 Å². The molecule has 2 aliphatic rings. The average Bonchev–Trinajstić information content (AvgIpc) is 3.04. The van der Waals surface area contributed by atoms with E-state index in [9.17, 15) is 0 Å². The Labute approximate surface area is 93.6 Å². The van der Waals surface area contributed by atoms with Crippen LogP contribution in [0.4, 0.5) is 0 Å². The van der Waals surface area contributed by atoms with Crippen LogP contribution in [0.25, 0.3) is 0 Å². The van der Waals surface area contributed by atoms with E-state index in [1.54, 1.807) is 0 Å². The van der Waals surface area contributed by atoms with Crippen molar-refractivity contribution >= 4 is 0 Å². The van der Waals surface area contributed by atoms with Crippen LogP contribution in [0, 0.1) is 5.92 Å². The molecular weight excluding hydrogens is 186 g/mol.